The summed E-state index contributed by atoms with van der Waals surface area (Å²) in [6.07, 6.45) is 1.75. The number of aromatic nitrogens is 2. The lowest BCUT2D eigenvalue weighted by Crippen LogP contribution is -2.09. The molecule has 0 fully saturated rings. The first-order valence-electron chi connectivity index (χ1n) is 19.8. The molecule has 11 aromatic rings. The third kappa shape index (κ3) is 5.93. The fourth-order valence-corrected chi connectivity index (χ4v) is 8.59. The Morgan fingerprint density at radius 2 is 0.931 bits per heavy atom. The van der Waals surface area contributed by atoms with Crippen molar-refractivity contribution in [1.29, 1.82) is 0 Å². The molecule has 0 aliphatic heterocycles. The minimum Gasteiger partial charge on any atom is -0.310 e. The SMILES string of the molecule is C=CC.c1ccc(-c2ccc(-n3c4ccccc4c4c3ccc3c5ccccc5n(-c5ccc6ccc(N(c7ccccc7)c7ccccc7)cc6c5)c34)cc2)cc1. The van der Waals surface area contributed by atoms with E-state index in [1.165, 1.54) is 65.5 Å². The summed E-state index contributed by atoms with van der Waals surface area (Å²) in [6, 6.07) is 76.8. The second-order valence-corrected chi connectivity index (χ2v) is 14.6. The van der Waals surface area contributed by atoms with Crippen molar-refractivity contribution in [3.8, 4) is 22.5 Å². The molecule has 2 heterocycles. The van der Waals surface area contributed by atoms with E-state index < -0.39 is 0 Å². The summed E-state index contributed by atoms with van der Waals surface area (Å²) >= 11 is 0. The maximum atomic E-state index is 3.36. The van der Waals surface area contributed by atoms with Crippen LogP contribution in [0.3, 0.4) is 0 Å². The van der Waals surface area contributed by atoms with E-state index in [-0.39, 0.29) is 0 Å². The number of allylic oxidation sites excluding steroid dienone is 1. The number of benzene rings is 9. The van der Waals surface area contributed by atoms with E-state index in [4.69, 9.17) is 0 Å². The van der Waals surface area contributed by atoms with E-state index in [0.29, 0.717) is 0 Å². The number of fused-ring (bicyclic) bond motifs is 8. The van der Waals surface area contributed by atoms with Gasteiger partial charge in [0.1, 0.15) is 0 Å². The van der Waals surface area contributed by atoms with Gasteiger partial charge in [0.15, 0.2) is 0 Å². The number of hydrogen-bond acceptors (Lipinski definition) is 1. The van der Waals surface area contributed by atoms with Crippen LogP contribution in [0.25, 0.3) is 76.9 Å². The lowest BCUT2D eigenvalue weighted by molar-refractivity contribution is 1.18. The van der Waals surface area contributed by atoms with Crippen LogP contribution in [-0.4, -0.2) is 9.13 Å². The van der Waals surface area contributed by atoms with Gasteiger partial charge in [-0.2, -0.15) is 0 Å². The molecule has 0 unspecified atom stereocenters. The fourth-order valence-electron chi connectivity index (χ4n) is 8.59. The number of rotatable bonds is 6. The van der Waals surface area contributed by atoms with Crippen LogP contribution >= 0.6 is 0 Å². The predicted molar refractivity (Wildman–Crippen MR) is 249 cm³/mol. The van der Waals surface area contributed by atoms with Crippen LogP contribution in [0.4, 0.5) is 17.1 Å². The summed E-state index contributed by atoms with van der Waals surface area (Å²) < 4.78 is 4.91. The summed E-state index contributed by atoms with van der Waals surface area (Å²) in [5.74, 6) is 0. The Labute approximate surface area is 338 Å². The Bertz CT molecular complexity index is 3190. The van der Waals surface area contributed by atoms with E-state index in [0.717, 1.165) is 28.4 Å². The van der Waals surface area contributed by atoms with Gasteiger partial charge in [-0.05, 0) is 108 Å². The highest BCUT2D eigenvalue weighted by Gasteiger charge is 2.21. The smallest absolute Gasteiger partial charge is 0.0641 e. The first kappa shape index (κ1) is 34.8. The Balaban J connectivity index is 0.00000132. The number of anilines is 3. The van der Waals surface area contributed by atoms with Crippen LogP contribution < -0.4 is 4.90 Å². The minimum atomic E-state index is 1.12. The van der Waals surface area contributed by atoms with Gasteiger partial charge in [-0.1, -0.05) is 140 Å². The van der Waals surface area contributed by atoms with Gasteiger partial charge in [0.2, 0.25) is 0 Å². The average molecular weight is 744 g/mol. The van der Waals surface area contributed by atoms with Crippen LogP contribution in [0.15, 0.2) is 225 Å². The summed E-state index contributed by atoms with van der Waals surface area (Å²) in [5.41, 5.74) is 12.9. The minimum absolute atomic E-state index is 1.12. The standard InChI is InChI=1S/C52H35N3.C3H6/c1-4-14-36(15-5-1)37-24-28-42(29-25-37)54-49-23-13-11-21-47(49)51-50(54)33-32-46-45-20-10-12-22-48(45)55(52(46)51)44-31-27-38-26-30-43(34-39(38)35-44)53(40-16-6-2-7-17-40)41-18-8-3-9-19-41;1-3-2/h1-35H;3H,1H2,2H3. The van der Waals surface area contributed by atoms with Crippen LogP contribution in [-0.2, 0) is 0 Å². The molecule has 0 radical (unpaired) electrons. The highest BCUT2D eigenvalue weighted by atomic mass is 15.1. The third-order valence-electron chi connectivity index (χ3n) is 11.1. The topological polar surface area (TPSA) is 13.1 Å². The molecule has 58 heavy (non-hydrogen) atoms. The van der Waals surface area contributed by atoms with E-state index in [1.54, 1.807) is 6.08 Å². The second-order valence-electron chi connectivity index (χ2n) is 14.6. The van der Waals surface area contributed by atoms with Crippen molar-refractivity contribution in [1.82, 2.24) is 9.13 Å². The highest BCUT2D eigenvalue weighted by Crippen LogP contribution is 2.43. The van der Waals surface area contributed by atoms with Gasteiger partial charge in [0.05, 0.1) is 22.1 Å². The molecule has 11 rings (SSSR count). The predicted octanol–water partition coefficient (Wildman–Crippen LogP) is 15.4. The molecule has 0 amide bonds. The molecule has 0 atom stereocenters. The van der Waals surface area contributed by atoms with E-state index in [2.05, 4.69) is 233 Å². The van der Waals surface area contributed by atoms with Gasteiger partial charge in [-0.25, -0.2) is 0 Å². The Morgan fingerprint density at radius 1 is 0.397 bits per heavy atom. The largest absolute Gasteiger partial charge is 0.310 e. The third-order valence-corrected chi connectivity index (χ3v) is 11.1. The van der Waals surface area contributed by atoms with Gasteiger partial charge >= 0.3 is 0 Å². The Morgan fingerprint density at radius 3 is 1.60 bits per heavy atom. The fraction of sp³-hybridized carbons (Fsp3) is 0.0182. The molecule has 3 heteroatoms. The molecule has 0 saturated carbocycles. The summed E-state index contributed by atoms with van der Waals surface area (Å²) in [5, 5.41) is 7.38. The molecule has 0 saturated heterocycles. The molecular weight excluding hydrogens is 703 g/mol. The molecule has 0 aliphatic carbocycles. The van der Waals surface area contributed by atoms with Crippen molar-refractivity contribution in [3.63, 3.8) is 0 Å². The molecular formula is C55H41N3. The van der Waals surface area contributed by atoms with E-state index in [1.807, 2.05) is 6.92 Å². The first-order chi connectivity index (χ1) is 28.7. The zero-order chi connectivity index (χ0) is 39.0. The molecule has 0 bridgehead atoms. The number of hydrogen-bond donors (Lipinski definition) is 0. The Hall–Kier alpha value is -7.62. The van der Waals surface area contributed by atoms with Gasteiger partial charge in [-0.15, -0.1) is 6.58 Å². The van der Waals surface area contributed by atoms with Crippen molar-refractivity contribution < 1.29 is 0 Å². The maximum absolute atomic E-state index is 3.36. The van der Waals surface area contributed by atoms with Crippen molar-refractivity contribution >= 4 is 71.4 Å². The second kappa shape index (κ2) is 14.8. The molecule has 0 spiro atoms. The molecule has 3 nitrogen and oxygen atoms in total. The van der Waals surface area contributed by atoms with Crippen molar-refractivity contribution in [3.05, 3.63) is 225 Å². The zero-order valence-corrected chi connectivity index (χ0v) is 32.3. The molecule has 0 N–H and O–H groups in total. The van der Waals surface area contributed by atoms with E-state index >= 15 is 0 Å². The zero-order valence-electron chi connectivity index (χ0n) is 32.3. The van der Waals surface area contributed by atoms with Gasteiger partial charge in [-0.3, -0.25) is 0 Å². The van der Waals surface area contributed by atoms with Crippen molar-refractivity contribution in [2.75, 3.05) is 4.90 Å². The lowest BCUT2D eigenvalue weighted by atomic mass is 10.1. The lowest BCUT2D eigenvalue weighted by Gasteiger charge is -2.25. The highest BCUT2D eigenvalue weighted by molar-refractivity contribution is 6.26. The maximum Gasteiger partial charge on any atom is 0.0641 e. The quantitative estimate of drug-likeness (QED) is 0.155. The molecule has 9 aromatic carbocycles. The van der Waals surface area contributed by atoms with Crippen molar-refractivity contribution in [2.45, 2.75) is 6.92 Å². The van der Waals surface area contributed by atoms with Crippen LogP contribution in [0.1, 0.15) is 6.92 Å². The van der Waals surface area contributed by atoms with E-state index in [9.17, 15) is 0 Å². The van der Waals surface area contributed by atoms with Crippen LogP contribution in [0, 0.1) is 0 Å². The number of para-hydroxylation sites is 4. The Kier molecular flexibility index (Phi) is 8.89. The van der Waals surface area contributed by atoms with Crippen molar-refractivity contribution in [2.24, 2.45) is 0 Å². The average Bonchev–Trinajstić information content (AvgIpc) is 3.81. The molecule has 0 aliphatic rings. The summed E-state index contributed by atoms with van der Waals surface area (Å²) in [6.45, 7) is 5.25. The molecule has 276 valence electrons. The van der Waals surface area contributed by atoms with Gasteiger partial charge in [0.25, 0.3) is 0 Å². The van der Waals surface area contributed by atoms with Crippen LogP contribution in [0.2, 0.25) is 0 Å². The monoisotopic (exact) mass is 743 g/mol. The summed E-state index contributed by atoms with van der Waals surface area (Å²) in [4.78, 5) is 2.33. The molecule has 2 aromatic heterocycles. The normalized spacial score (nSPS) is 11.3. The first-order valence-corrected chi connectivity index (χ1v) is 19.8. The summed E-state index contributed by atoms with van der Waals surface area (Å²) in [7, 11) is 0. The van der Waals surface area contributed by atoms with Gasteiger partial charge in [0, 0.05) is 50.0 Å². The van der Waals surface area contributed by atoms with Gasteiger partial charge < -0.3 is 14.0 Å². The number of nitrogens with zero attached hydrogens (tertiary/aromatic N) is 3. The van der Waals surface area contributed by atoms with Crippen LogP contribution in [0.5, 0.6) is 0 Å².